The van der Waals surface area contributed by atoms with Crippen LogP contribution in [0, 0.1) is 19.8 Å². The van der Waals surface area contributed by atoms with E-state index in [0.717, 1.165) is 18.7 Å². The Balaban J connectivity index is 2.46. The van der Waals surface area contributed by atoms with E-state index >= 15 is 0 Å². The number of aryl methyl sites for hydroxylation is 1. The van der Waals surface area contributed by atoms with Crippen LogP contribution in [0.1, 0.15) is 16.8 Å². The Morgan fingerprint density at radius 1 is 1.43 bits per heavy atom. The molecule has 1 unspecified atom stereocenters. The fraction of sp³-hybridized carbons (Fsp3) is 0.500. The third kappa shape index (κ3) is 1.49. The van der Waals surface area contributed by atoms with Gasteiger partial charge in [0.2, 0.25) is 0 Å². The first kappa shape index (κ1) is 9.50. The largest absolute Gasteiger partial charge is 0.363 e. The van der Waals surface area contributed by atoms with Crippen LogP contribution in [0.2, 0.25) is 0 Å². The van der Waals surface area contributed by atoms with Gasteiger partial charge in [-0.25, -0.2) is 4.98 Å². The van der Waals surface area contributed by atoms with Gasteiger partial charge in [-0.2, -0.15) is 0 Å². The second-order valence-corrected chi connectivity index (χ2v) is 4.37. The van der Waals surface area contributed by atoms with Crippen LogP contribution in [0.3, 0.4) is 0 Å². The molecule has 2 rings (SSSR count). The third-order valence-electron chi connectivity index (χ3n) is 2.87. The van der Waals surface area contributed by atoms with Crippen LogP contribution in [0.25, 0.3) is 0 Å². The molecule has 1 radical (unpaired) electrons. The average Bonchev–Trinajstić information content (AvgIpc) is 2.45. The van der Waals surface area contributed by atoms with Gasteiger partial charge in [0.05, 0.1) is 0 Å². The minimum atomic E-state index is 0.544. The van der Waals surface area contributed by atoms with Crippen LogP contribution >= 0.6 is 0 Å². The lowest BCUT2D eigenvalue weighted by Gasteiger charge is -2.14. The molecular formula is C12H17N2. The van der Waals surface area contributed by atoms with Gasteiger partial charge in [-0.05, 0) is 49.8 Å². The van der Waals surface area contributed by atoms with Crippen molar-refractivity contribution in [2.45, 2.75) is 19.8 Å². The molecule has 0 saturated carbocycles. The number of rotatable bonds is 1. The second kappa shape index (κ2) is 3.26. The maximum atomic E-state index is 4.58. The Bertz CT molecular complexity index is 356. The molecule has 0 amide bonds. The monoisotopic (exact) mass is 189 g/mol. The summed E-state index contributed by atoms with van der Waals surface area (Å²) in [6.07, 6.45) is 2.21. The SMILES string of the molecule is [CH2]C1Cc2cc(N(C)C)nc(C)c2C1. The Hall–Kier alpha value is -1.05. The topological polar surface area (TPSA) is 16.1 Å². The molecule has 1 aromatic rings. The molecule has 0 fully saturated rings. The molecule has 1 aliphatic rings. The smallest absolute Gasteiger partial charge is 0.128 e. The van der Waals surface area contributed by atoms with Gasteiger partial charge in [0.25, 0.3) is 0 Å². The summed E-state index contributed by atoms with van der Waals surface area (Å²) in [5.41, 5.74) is 4.05. The standard InChI is InChI=1S/C12H17N2/c1-8-5-10-7-12(14(3)4)13-9(2)11(10)6-8/h7-8H,1,5-6H2,2-4H3. The number of anilines is 1. The molecule has 75 valence electrons. The summed E-state index contributed by atoms with van der Waals surface area (Å²) in [6, 6.07) is 2.20. The van der Waals surface area contributed by atoms with Crippen molar-refractivity contribution in [3.05, 3.63) is 29.8 Å². The minimum absolute atomic E-state index is 0.544. The molecule has 0 spiro atoms. The first-order valence-corrected chi connectivity index (χ1v) is 5.07. The number of fused-ring (bicyclic) bond motifs is 1. The van der Waals surface area contributed by atoms with Gasteiger partial charge in [-0.3, -0.25) is 0 Å². The lowest BCUT2D eigenvalue weighted by atomic mass is 10.1. The van der Waals surface area contributed by atoms with E-state index in [1.165, 1.54) is 16.8 Å². The molecular weight excluding hydrogens is 172 g/mol. The number of nitrogens with zero attached hydrogens (tertiary/aromatic N) is 2. The summed E-state index contributed by atoms with van der Waals surface area (Å²) >= 11 is 0. The first-order chi connectivity index (χ1) is 6.58. The molecule has 1 aromatic heterocycles. The van der Waals surface area contributed by atoms with Crippen LogP contribution in [-0.4, -0.2) is 19.1 Å². The van der Waals surface area contributed by atoms with Gasteiger partial charge in [0.1, 0.15) is 5.82 Å². The maximum Gasteiger partial charge on any atom is 0.128 e. The van der Waals surface area contributed by atoms with E-state index in [1.807, 2.05) is 14.1 Å². The zero-order chi connectivity index (χ0) is 10.3. The van der Waals surface area contributed by atoms with Crippen LogP contribution in [-0.2, 0) is 12.8 Å². The van der Waals surface area contributed by atoms with Crippen molar-refractivity contribution in [3.63, 3.8) is 0 Å². The predicted molar refractivity (Wildman–Crippen MR) is 59.6 cm³/mol. The number of pyridine rings is 1. The molecule has 2 heteroatoms. The van der Waals surface area contributed by atoms with Gasteiger partial charge >= 0.3 is 0 Å². The van der Waals surface area contributed by atoms with E-state index in [2.05, 4.69) is 29.8 Å². The van der Waals surface area contributed by atoms with Crippen LogP contribution in [0.15, 0.2) is 6.07 Å². The zero-order valence-corrected chi connectivity index (χ0v) is 9.17. The fourth-order valence-electron chi connectivity index (χ4n) is 2.11. The quantitative estimate of drug-likeness (QED) is 0.671. The number of hydrogen-bond donors (Lipinski definition) is 0. The summed E-state index contributed by atoms with van der Waals surface area (Å²) in [7, 11) is 4.07. The molecule has 0 saturated heterocycles. The van der Waals surface area contributed by atoms with Crippen molar-refractivity contribution in [2.75, 3.05) is 19.0 Å². The molecule has 1 heterocycles. The van der Waals surface area contributed by atoms with Gasteiger partial charge in [-0.1, -0.05) is 0 Å². The number of aromatic nitrogens is 1. The van der Waals surface area contributed by atoms with E-state index in [-0.39, 0.29) is 0 Å². The summed E-state index contributed by atoms with van der Waals surface area (Å²) in [5.74, 6) is 1.61. The Kier molecular flexibility index (Phi) is 2.22. The van der Waals surface area contributed by atoms with E-state index < -0.39 is 0 Å². The van der Waals surface area contributed by atoms with Crippen LogP contribution in [0.4, 0.5) is 5.82 Å². The molecule has 0 N–H and O–H groups in total. The molecule has 2 nitrogen and oxygen atoms in total. The van der Waals surface area contributed by atoms with Gasteiger partial charge in [-0.15, -0.1) is 0 Å². The summed E-state index contributed by atoms with van der Waals surface area (Å²) in [5, 5.41) is 0. The molecule has 14 heavy (non-hydrogen) atoms. The Morgan fingerprint density at radius 3 is 2.79 bits per heavy atom. The van der Waals surface area contributed by atoms with Crippen molar-refractivity contribution >= 4 is 5.82 Å². The normalized spacial score (nSPS) is 19.6. The summed E-state index contributed by atoms with van der Waals surface area (Å²) in [4.78, 5) is 6.64. The lowest BCUT2D eigenvalue weighted by Crippen LogP contribution is -2.12. The summed E-state index contributed by atoms with van der Waals surface area (Å²) < 4.78 is 0. The van der Waals surface area contributed by atoms with Crippen molar-refractivity contribution in [1.82, 2.24) is 4.98 Å². The Morgan fingerprint density at radius 2 is 2.14 bits per heavy atom. The average molecular weight is 189 g/mol. The first-order valence-electron chi connectivity index (χ1n) is 5.07. The highest BCUT2D eigenvalue weighted by atomic mass is 15.1. The van der Waals surface area contributed by atoms with Crippen molar-refractivity contribution < 1.29 is 0 Å². The van der Waals surface area contributed by atoms with Gasteiger partial charge in [0, 0.05) is 19.8 Å². The highest BCUT2D eigenvalue weighted by molar-refractivity contribution is 5.47. The van der Waals surface area contributed by atoms with Crippen molar-refractivity contribution in [1.29, 1.82) is 0 Å². The van der Waals surface area contributed by atoms with Crippen molar-refractivity contribution in [3.8, 4) is 0 Å². The highest BCUT2D eigenvalue weighted by Crippen LogP contribution is 2.30. The van der Waals surface area contributed by atoms with E-state index in [4.69, 9.17) is 0 Å². The van der Waals surface area contributed by atoms with Crippen molar-refractivity contribution in [2.24, 2.45) is 5.92 Å². The maximum absolute atomic E-state index is 4.58. The minimum Gasteiger partial charge on any atom is -0.363 e. The molecule has 0 aromatic carbocycles. The van der Waals surface area contributed by atoms with E-state index in [9.17, 15) is 0 Å². The zero-order valence-electron chi connectivity index (χ0n) is 9.17. The number of hydrogen-bond acceptors (Lipinski definition) is 2. The second-order valence-electron chi connectivity index (χ2n) is 4.37. The molecule has 0 aliphatic heterocycles. The van der Waals surface area contributed by atoms with E-state index in [1.54, 1.807) is 0 Å². The van der Waals surface area contributed by atoms with Gasteiger partial charge < -0.3 is 4.90 Å². The highest BCUT2D eigenvalue weighted by Gasteiger charge is 2.21. The van der Waals surface area contributed by atoms with Crippen LogP contribution < -0.4 is 4.90 Å². The van der Waals surface area contributed by atoms with Crippen LogP contribution in [0.5, 0.6) is 0 Å². The summed E-state index contributed by atoms with van der Waals surface area (Å²) in [6.45, 7) is 6.23. The lowest BCUT2D eigenvalue weighted by molar-refractivity contribution is 0.698. The van der Waals surface area contributed by atoms with Gasteiger partial charge in [0.15, 0.2) is 0 Å². The molecule has 0 bridgehead atoms. The predicted octanol–water partition coefficient (Wildman–Crippen LogP) is 2.00. The Labute approximate surface area is 86.0 Å². The fourth-order valence-corrected chi connectivity index (χ4v) is 2.11. The van der Waals surface area contributed by atoms with E-state index in [0.29, 0.717) is 5.92 Å². The third-order valence-corrected chi connectivity index (χ3v) is 2.87. The molecule has 1 aliphatic carbocycles. The molecule has 1 atom stereocenters.